The Morgan fingerprint density at radius 1 is 0.383 bits per heavy atom. The van der Waals surface area contributed by atoms with Gasteiger partial charge in [-0.3, -0.25) is 0 Å². The number of fused-ring (bicyclic) bond motifs is 6. The molecular formula is C46H28S. The van der Waals surface area contributed by atoms with Crippen LogP contribution in [0, 0.1) is 0 Å². The van der Waals surface area contributed by atoms with Gasteiger partial charge in [-0.15, -0.1) is 0 Å². The van der Waals surface area contributed by atoms with Crippen molar-refractivity contribution in [1.29, 1.82) is 0 Å². The van der Waals surface area contributed by atoms with Gasteiger partial charge in [0.1, 0.15) is 0 Å². The third-order valence-electron chi connectivity index (χ3n) is 9.21. The van der Waals surface area contributed by atoms with Gasteiger partial charge in [0.25, 0.3) is 0 Å². The van der Waals surface area contributed by atoms with E-state index >= 15 is 0 Å². The van der Waals surface area contributed by atoms with E-state index in [-0.39, 0.29) is 35.3 Å². The average molecular weight is 623 g/mol. The summed E-state index contributed by atoms with van der Waals surface area (Å²) in [6.45, 7) is 0. The van der Waals surface area contributed by atoms with E-state index in [4.69, 9.17) is 11.0 Å². The maximum absolute atomic E-state index is 9.18. The molecule has 1 aliphatic rings. The summed E-state index contributed by atoms with van der Waals surface area (Å²) in [5.74, 6) is 0. The zero-order valence-electron chi connectivity index (χ0n) is 34.8. The lowest BCUT2D eigenvalue weighted by atomic mass is 9.82. The SMILES string of the molecule is [2H]c1c([2H])c([2H])c(-c2cccc3c2ccc2c(-c4ccc5c(c4)-c4cccc6cccc(c46)S5)c4ccccc4c(-c4c([2H])c([2H])c([2H])c([2H])c4[2H])c23)c([2H])c1[2H]. The third-order valence-corrected chi connectivity index (χ3v) is 10.3. The summed E-state index contributed by atoms with van der Waals surface area (Å²) in [6, 6.07) is 32.0. The summed E-state index contributed by atoms with van der Waals surface area (Å²) in [7, 11) is 0. The highest BCUT2D eigenvalue weighted by molar-refractivity contribution is 7.99. The highest BCUT2D eigenvalue weighted by Gasteiger charge is 2.23. The largest absolute Gasteiger partial charge is 0.0888 e. The van der Waals surface area contributed by atoms with Crippen molar-refractivity contribution in [3.63, 3.8) is 0 Å². The zero-order chi connectivity index (χ0) is 39.6. The molecule has 0 saturated heterocycles. The summed E-state index contributed by atoms with van der Waals surface area (Å²) in [5, 5.41) is 6.48. The van der Waals surface area contributed by atoms with Crippen molar-refractivity contribution in [2.45, 2.75) is 9.79 Å². The Bertz CT molecular complexity index is 3220. The fourth-order valence-corrected chi connectivity index (χ4v) is 8.43. The van der Waals surface area contributed by atoms with Crippen molar-refractivity contribution in [2.24, 2.45) is 0 Å². The molecule has 0 atom stereocenters. The predicted octanol–water partition coefficient (Wildman–Crippen LogP) is 13.4. The molecule has 1 heterocycles. The Morgan fingerprint density at radius 3 is 1.85 bits per heavy atom. The van der Waals surface area contributed by atoms with Gasteiger partial charge in [-0.1, -0.05) is 163 Å². The van der Waals surface area contributed by atoms with E-state index in [0.717, 1.165) is 43.3 Å². The molecule has 0 aromatic heterocycles. The molecule has 0 saturated carbocycles. The highest BCUT2D eigenvalue weighted by Crippen LogP contribution is 2.51. The summed E-state index contributed by atoms with van der Waals surface area (Å²) in [4.78, 5) is 2.33. The van der Waals surface area contributed by atoms with E-state index in [9.17, 15) is 2.74 Å². The Kier molecular flexibility index (Phi) is 4.11. The molecule has 218 valence electrons. The summed E-state index contributed by atoms with van der Waals surface area (Å²) >= 11 is 1.74. The minimum atomic E-state index is -0.490. The molecule has 0 fully saturated rings. The fourth-order valence-electron chi connectivity index (χ4n) is 7.30. The van der Waals surface area contributed by atoms with Gasteiger partial charge in [-0.25, -0.2) is 0 Å². The van der Waals surface area contributed by atoms with Gasteiger partial charge in [0.2, 0.25) is 0 Å². The molecule has 0 unspecified atom stereocenters. The van der Waals surface area contributed by atoms with Gasteiger partial charge in [0.05, 0.1) is 13.7 Å². The molecule has 0 bridgehead atoms. The second-order valence-electron chi connectivity index (χ2n) is 11.7. The van der Waals surface area contributed by atoms with Crippen LogP contribution in [0.25, 0.3) is 87.6 Å². The molecule has 0 aliphatic carbocycles. The van der Waals surface area contributed by atoms with Gasteiger partial charge in [-0.05, 0) is 100 Å². The first-order chi connectivity index (χ1) is 27.5. The standard InChI is InChI=1S/C46H28S/c1-3-12-29(13-4-1)33-20-11-22-35-34(33)25-26-39-43(36-18-7-8-19-37(36)45(46(35)39)31-14-5-2-6-15-31)32-24-27-41-40(28-32)38-21-9-16-30-17-10-23-42(47-41)44(30)38/h1-28H/i1D,2D,3D,4D,5D,6D,12D,13D,14D,15D. The number of hydrogen-bond acceptors (Lipinski definition) is 1. The molecule has 1 aliphatic heterocycles. The van der Waals surface area contributed by atoms with Crippen molar-refractivity contribution in [1.82, 2.24) is 0 Å². The summed E-state index contributed by atoms with van der Waals surface area (Å²) < 4.78 is 86.9. The molecular weight excluding hydrogens is 585 g/mol. The second-order valence-corrected chi connectivity index (χ2v) is 12.7. The van der Waals surface area contributed by atoms with E-state index in [1.807, 2.05) is 42.5 Å². The Hall–Kier alpha value is -5.63. The van der Waals surface area contributed by atoms with Crippen molar-refractivity contribution in [2.75, 3.05) is 0 Å². The van der Waals surface area contributed by atoms with Crippen LogP contribution in [0.1, 0.15) is 13.7 Å². The van der Waals surface area contributed by atoms with E-state index in [2.05, 4.69) is 54.6 Å². The monoisotopic (exact) mass is 622 g/mol. The lowest BCUT2D eigenvalue weighted by Crippen LogP contribution is -1.95. The smallest absolute Gasteiger partial charge is 0.0629 e. The Morgan fingerprint density at radius 2 is 1.04 bits per heavy atom. The third kappa shape index (κ3) is 4.03. The van der Waals surface area contributed by atoms with Crippen LogP contribution in [-0.2, 0) is 0 Å². The van der Waals surface area contributed by atoms with E-state index in [0.29, 0.717) is 32.7 Å². The van der Waals surface area contributed by atoms with Crippen molar-refractivity contribution >= 4 is 54.9 Å². The minimum Gasteiger partial charge on any atom is -0.0888 e. The van der Waals surface area contributed by atoms with E-state index < -0.39 is 36.3 Å². The molecule has 0 spiro atoms. The number of rotatable bonds is 3. The minimum absolute atomic E-state index is 0.0537. The highest BCUT2D eigenvalue weighted by atomic mass is 32.2. The molecule has 0 nitrogen and oxygen atoms in total. The van der Waals surface area contributed by atoms with Gasteiger partial charge in [-0.2, -0.15) is 0 Å². The van der Waals surface area contributed by atoms with Crippen LogP contribution in [-0.4, -0.2) is 0 Å². The lowest BCUT2D eigenvalue weighted by molar-refractivity contribution is 1.40. The normalized spacial score (nSPS) is 15.1. The quantitative estimate of drug-likeness (QED) is 0.140. The fraction of sp³-hybridized carbons (Fsp3) is 0. The number of benzene rings is 9. The molecule has 0 radical (unpaired) electrons. The summed E-state index contributed by atoms with van der Waals surface area (Å²) in [6.07, 6.45) is 0. The average Bonchev–Trinajstić information content (AvgIpc) is 3.23. The molecule has 1 heteroatoms. The number of hydrogen-bond donors (Lipinski definition) is 0. The van der Waals surface area contributed by atoms with Gasteiger partial charge in [0.15, 0.2) is 0 Å². The Labute approximate surface area is 292 Å². The maximum Gasteiger partial charge on any atom is 0.0629 e. The van der Waals surface area contributed by atoms with Crippen LogP contribution in [0.2, 0.25) is 0 Å². The van der Waals surface area contributed by atoms with E-state index in [1.54, 1.807) is 23.9 Å². The van der Waals surface area contributed by atoms with Crippen LogP contribution >= 0.6 is 11.8 Å². The van der Waals surface area contributed by atoms with Crippen LogP contribution in [0.4, 0.5) is 0 Å². The Balaban J connectivity index is 1.38. The van der Waals surface area contributed by atoms with Crippen molar-refractivity contribution < 1.29 is 13.7 Å². The van der Waals surface area contributed by atoms with E-state index in [1.165, 1.54) is 10.3 Å². The van der Waals surface area contributed by atoms with Crippen LogP contribution in [0.15, 0.2) is 179 Å². The van der Waals surface area contributed by atoms with Gasteiger partial charge < -0.3 is 0 Å². The van der Waals surface area contributed by atoms with Gasteiger partial charge in [0, 0.05) is 15.2 Å². The first-order valence-corrected chi connectivity index (χ1v) is 16.2. The van der Waals surface area contributed by atoms with Crippen LogP contribution < -0.4 is 0 Å². The first kappa shape index (κ1) is 18.5. The predicted molar refractivity (Wildman–Crippen MR) is 202 cm³/mol. The summed E-state index contributed by atoms with van der Waals surface area (Å²) in [5.41, 5.74) is 5.04. The molecule has 0 amide bonds. The molecule has 9 aromatic rings. The maximum atomic E-state index is 9.18. The molecule has 0 N–H and O–H groups in total. The molecule has 10 rings (SSSR count). The topological polar surface area (TPSA) is 0 Å². The lowest BCUT2D eigenvalue weighted by Gasteiger charge is -2.23. The van der Waals surface area contributed by atoms with Crippen LogP contribution in [0.3, 0.4) is 0 Å². The zero-order valence-corrected chi connectivity index (χ0v) is 25.6. The molecule has 47 heavy (non-hydrogen) atoms. The van der Waals surface area contributed by atoms with Crippen molar-refractivity contribution in [3.8, 4) is 44.5 Å². The first-order valence-electron chi connectivity index (χ1n) is 20.4. The van der Waals surface area contributed by atoms with Gasteiger partial charge >= 0.3 is 0 Å². The van der Waals surface area contributed by atoms with Crippen LogP contribution in [0.5, 0.6) is 0 Å². The molecule has 9 aromatic carbocycles. The van der Waals surface area contributed by atoms with Crippen molar-refractivity contribution in [3.05, 3.63) is 170 Å². The second kappa shape index (κ2) is 10.5.